The van der Waals surface area contributed by atoms with Gasteiger partial charge >= 0.3 is 6.09 Å². The van der Waals surface area contributed by atoms with E-state index in [1.54, 1.807) is 6.92 Å². The van der Waals surface area contributed by atoms with Crippen LogP contribution in [0.4, 0.5) is 4.79 Å². The zero-order valence-electron chi connectivity index (χ0n) is 6.33. The molecule has 2 N–H and O–H groups in total. The van der Waals surface area contributed by atoms with Crippen LogP contribution in [0.15, 0.2) is 12.7 Å². The molecule has 0 bridgehead atoms. The number of ketones is 1. The van der Waals surface area contributed by atoms with Crippen LogP contribution in [0.2, 0.25) is 0 Å². The van der Waals surface area contributed by atoms with Crippen molar-refractivity contribution in [3.63, 3.8) is 0 Å². The minimum absolute atomic E-state index is 0.296. The van der Waals surface area contributed by atoms with Gasteiger partial charge in [-0.05, 0) is 12.5 Å². The summed E-state index contributed by atoms with van der Waals surface area (Å²) in [4.78, 5) is 20.9. The van der Waals surface area contributed by atoms with Crippen molar-refractivity contribution >= 4 is 11.9 Å². The molecule has 0 aromatic carbocycles. The summed E-state index contributed by atoms with van der Waals surface area (Å²) in [6.07, 6.45) is 0.369. The minimum atomic E-state index is -1.19. The van der Waals surface area contributed by atoms with Gasteiger partial charge in [-0.3, -0.25) is 4.79 Å². The first kappa shape index (κ1) is 9.68. The monoisotopic (exact) mass is 157 g/mol. The van der Waals surface area contributed by atoms with Gasteiger partial charge in [0.15, 0.2) is 5.78 Å². The van der Waals surface area contributed by atoms with Gasteiger partial charge in [-0.25, -0.2) is 4.79 Å². The molecule has 1 amide bonds. The van der Waals surface area contributed by atoms with Crippen LogP contribution in [-0.4, -0.2) is 23.0 Å². The molecule has 1 atom stereocenters. The van der Waals surface area contributed by atoms with Gasteiger partial charge in [0, 0.05) is 0 Å². The van der Waals surface area contributed by atoms with Crippen LogP contribution in [0, 0.1) is 0 Å². The second-order valence-electron chi connectivity index (χ2n) is 2.02. The Hall–Kier alpha value is -1.32. The molecule has 0 aliphatic heterocycles. The second kappa shape index (κ2) is 4.49. The molecule has 11 heavy (non-hydrogen) atoms. The van der Waals surface area contributed by atoms with Crippen molar-refractivity contribution in [2.45, 2.75) is 19.4 Å². The fourth-order valence-electron chi connectivity index (χ4n) is 0.666. The van der Waals surface area contributed by atoms with Crippen LogP contribution < -0.4 is 5.32 Å². The Labute approximate surface area is 64.9 Å². The Morgan fingerprint density at radius 1 is 1.73 bits per heavy atom. The maximum absolute atomic E-state index is 10.8. The molecule has 0 aromatic rings. The molecule has 0 aromatic heterocycles. The number of carboxylic acid groups (broad SMARTS) is 1. The normalized spacial score (nSPS) is 11.7. The van der Waals surface area contributed by atoms with Crippen molar-refractivity contribution < 1.29 is 14.7 Å². The lowest BCUT2D eigenvalue weighted by atomic mass is 10.1. The van der Waals surface area contributed by atoms with Gasteiger partial charge in [-0.2, -0.15) is 0 Å². The molecule has 0 radical (unpaired) electrons. The Morgan fingerprint density at radius 3 is 2.55 bits per heavy atom. The first-order valence-electron chi connectivity index (χ1n) is 3.27. The molecule has 4 nitrogen and oxygen atoms in total. The number of nitrogens with one attached hydrogen (secondary N) is 1. The molecule has 0 aliphatic rings. The van der Waals surface area contributed by atoms with Gasteiger partial charge in [0.25, 0.3) is 0 Å². The number of hydrogen-bond donors (Lipinski definition) is 2. The van der Waals surface area contributed by atoms with E-state index in [9.17, 15) is 9.59 Å². The van der Waals surface area contributed by atoms with E-state index in [2.05, 4.69) is 11.9 Å². The van der Waals surface area contributed by atoms with E-state index in [0.717, 1.165) is 6.08 Å². The lowest BCUT2D eigenvalue weighted by molar-refractivity contribution is -0.116. The summed E-state index contributed by atoms with van der Waals surface area (Å²) in [6, 6.07) is -0.648. The third kappa shape index (κ3) is 3.40. The van der Waals surface area contributed by atoms with Crippen molar-refractivity contribution in [1.29, 1.82) is 0 Å². The Balaban J connectivity index is 4.05. The predicted molar refractivity (Wildman–Crippen MR) is 40.4 cm³/mol. The van der Waals surface area contributed by atoms with E-state index in [1.807, 2.05) is 0 Å². The van der Waals surface area contributed by atoms with E-state index in [-0.39, 0.29) is 5.78 Å². The highest BCUT2D eigenvalue weighted by molar-refractivity contribution is 5.95. The molecular formula is C7H11NO3. The van der Waals surface area contributed by atoms with Gasteiger partial charge in [-0.15, -0.1) is 0 Å². The van der Waals surface area contributed by atoms with Crippen LogP contribution in [0.3, 0.4) is 0 Å². The average Bonchev–Trinajstić information content (AvgIpc) is 1.98. The van der Waals surface area contributed by atoms with Gasteiger partial charge in [0.1, 0.15) is 0 Å². The first-order valence-corrected chi connectivity index (χ1v) is 3.27. The summed E-state index contributed by atoms with van der Waals surface area (Å²) in [6.45, 7) is 4.98. The molecule has 0 rings (SSSR count). The van der Waals surface area contributed by atoms with Gasteiger partial charge in [-0.1, -0.05) is 13.5 Å². The highest BCUT2D eigenvalue weighted by Crippen LogP contribution is 1.93. The summed E-state index contributed by atoms with van der Waals surface area (Å²) >= 11 is 0. The Bertz CT molecular complexity index is 177. The van der Waals surface area contributed by atoms with Gasteiger partial charge in [0.2, 0.25) is 0 Å². The van der Waals surface area contributed by atoms with E-state index >= 15 is 0 Å². The number of carbonyl (C=O) groups is 2. The van der Waals surface area contributed by atoms with Crippen LogP contribution >= 0.6 is 0 Å². The topological polar surface area (TPSA) is 66.4 Å². The van der Waals surface area contributed by atoms with Crippen molar-refractivity contribution in [2.24, 2.45) is 0 Å². The largest absolute Gasteiger partial charge is 0.465 e. The maximum atomic E-state index is 10.8. The SMILES string of the molecule is C=CC(=O)C(CC)NC(=O)O. The summed E-state index contributed by atoms with van der Waals surface area (Å²) in [5, 5.41) is 10.3. The third-order valence-electron chi connectivity index (χ3n) is 1.25. The molecule has 0 saturated carbocycles. The number of amides is 1. The fourth-order valence-corrected chi connectivity index (χ4v) is 0.666. The lowest BCUT2D eigenvalue weighted by Gasteiger charge is -2.09. The molecule has 0 aliphatic carbocycles. The number of rotatable bonds is 4. The molecule has 0 spiro atoms. The third-order valence-corrected chi connectivity index (χ3v) is 1.25. The summed E-state index contributed by atoms with van der Waals surface area (Å²) < 4.78 is 0. The smallest absolute Gasteiger partial charge is 0.405 e. The number of carbonyl (C=O) groups excluding carboxylic acids is 1. The highest BCUT2D eigenvalue weighted by atomic mass is 16.4. The Kier molecular flexibility index (Phi) is 3.95. The van der Waals surface area contributed by atoms with Crippen molar-refractivity contribution in [1.82, 2.24) is 5.32 Å². The molecular weight excluding hydrogens is 146 g/mol. The molecule has 0 heterocycles. The zero-order valence-corrected chi connectivity index (χ0v) is 6.33. The van der Waals surface area contributed by atoms with E-state index in [1.165, 1.54) is 0 Å². The van der Waals surface area contributed by atoms with Crippen LogP contribution in [-0.2, 0) is 4.79 Å². The first-order chi connectivity index (χ1) is 5.11. The summed E-state index contributed by atoms with van der Waals surface area (Å²) in [5.41, 5.74) is 0. The summed E-state index contributed by atoms with van der Waals surface area (Å²) in [7, 11) is 0. The molecule has 0 saturated heterocycles. The Morgan fingerprint density at radius 2 is 2.27 bits per heavy atom. The van der Waals surface area contributed by atoms with Gasteiger partial charge < -0.3 is 10.4 Å². The van der Waals surface area contributed by atoms with E-state index in [4.69, 9.17) is 5.11 Å². The minimum Gasteiger partial charge on any atom is -0.465 e. The number of hydrogen-bond acceptors (Lipinski definition) is 2. The standard InChI is InChI=1S/C7H11NO3/c1-3-5(6(9)4-2)8-7(10)11/h4-5,8H,2-3H2,1H3,(H,10,11). The van der Waals surface area contributed by atoms with Crippen LogP contribution in [0.5, 0.6) is 0 Å². The molecule has 0 fully saturated rings. The average molecular weight is 157 g/mol. The summed E-state index contributed by atoms with van der Waals surface area (Å²) in [5.74, 6) is -0.296. The van der Waals surface area contributed by atoms with Crippen LogP contribution in [0.1, 0.15) is 13.3 Å². The van der Waals surface area contributed by atoms with Gasteiger partial charge in [0.05, 0.1) is 6.04 Å². The zero-order chi connectivity index (χ0) is 8.85. The maximum Gasteiger partial charge on any atom is 0.405 e. The second-order valence-corrected chi connectivity index (χ2v) is 2.02. The lowest BCUT2D eigenvalue weighted by Crippen LogP contribution is -2.38. The van der Waals surface area contributed by atoms with Crippen molar-refractivity contribution in [3.05, 3.63) is 12.7 Å². The quantitative estimate of drug-likeness (QED) is 0.593. The highest BCUT2D eigenvalue weighted by Gasteiger charge is 2.14. The molecule has 1 unspecified atom stereocenters. The van der Waals surface area contributed by atoms with Crippen LogP contribution in [0.25, 0.3) is 0 Å². The predicted octanol–water partition coefficient (Wildman–Crippen LogP) is 0.788. The van der Waals surface area contributed by atoms with Crippen molar-refractivity contribution in [2.75, 3.05) is 0 Å². The van der Waals surface area contributed by atoms with Crippen molar-refractivity contribution in [3.8, 4) is 0 Å². The fraction of sp³-hybridized carbons (Fsp3) is 0.429. The van der Waals surface area contributed by atoms with E-state index in [0.29, 0.717) is 6.42 Å². The molecule has 62 valence electrons. The van der Waals surface area contributed by atoms with E-state index < -0.39 is 12.1 Å². The molecule has 4 heteroatoms.